The molecule has 1 unspecified atom stereocenters. The number of pyridine rings is 1. The normalized spacial score (nSPS) is 20.0. The van der Waals surface area contributed by atoms with E-state index in [1.54, 1.807) is 0 Å². The molecule has 0 amide bonds. The molecule has 1 N–H and O–H groups in total. The molecule has 2 aliphatic rings. The minimum atomic E-state index is -3.20. The Balaban J connectivity index is 1.46. The van der Waals surface area contributed by atoms with Crippen molar-refractivity contribution in [2.75, 3.05) is 31.3 Å². The van der Waals surface area contributed by atoms with Gasteiger partial charge in [0.15, 0.2) is 9.84 Å². The molecule has 2 aromatic rings. The van der Waals surface area contributed by atoms with Gasteiger partial charge in [0.05, 0.1) is 24.8 Å². The summed E-state index contributed by atoms with van der Waals surface area (Å²) in [5.41, 5.74) is 3.77. The number of benzene rings is 1. The molecule has 1 aliphatic heterocycles. The summed E-state index contributed by atoms with van der Waals surface area (Å²) in [6.45, 7) is 0.681. The molecule has 5 nitrogen and oxygen atoms in total. The van der Waals surface area contributed by atoms with E-state index in [4.69, 9.17) is 9.72 Å². The van der Waals surface area contributed by atoms with Gasteiger partial charge in [-0.25, -0.2) is 8.42 Å². The van der Waals surface area contributed by atoms with E-state index >= 15 is 0 Å². The SMILES string of the molecule is O=S(=O)(CCCF)CCCOc1ccc2c(c1)C(C1(c3ccccn3)CCC1)NCC2. The van der Waals surface area contributed by atoms with Gasteiger partial charge in [-0.05, 0) is 74.0 Å². The van der Waals surface area contributed by atoms with Crippen LogP contribution in [0, 0.1) is 0 Å². The number of nitrogens with one attached hydrogen (secondary N) is 1. The number of ether oxygens (including phenoxy) is 1. The number of fused-ring (bicyclic) bond motifs is 1. The van der Waals surface area contributed by atoms with Crippen LogP contribution in [-0.4, -0.2) is 44.7 Å². The maximum absolute atomic E-state index is 12.2. The quantitative estimate of drug-likeness (QED) is 0.560. The van der Waals surface area contributed by atoms with Crippen molar-refractivity contribution >= 4 is 9.84 Å². The van der Waals surface area contributed by atoms with E-state index in [2.05, 4.69) is 29.6 Å². The number of halogens is 1. The van der Waals surface area contributed by atoms with Crippen LogP contribution in [0.1, 0.15) is 55.0 Å². The highest BCUT2D eigenvalue weighted by molar-refractivity contribution is 7.91. The average Bonchev–Trinajstić information content (AvgIpc) is 2.76. The molecule has 1 saturated carbocycles. The highest BCUT2D eigenvalue weighted by Crippen LogP contribution is 2.53. The summed E-state index contributed by atoms with van der Waals surface area (Å²) >= 11 is 0. The highest BCUT2D eigenvalue weighted by atomic mass is 32.2. The predicted molar refractivity (Wildman–Crippen MR) is 120 cm³/mol. The lowest BCUT2D eigenvalue weighted by molar-refractivity contribution is 0.159. The fourth-order valence-electron chi connectivity index (χ4n) is 4.87. The summed E-state index contributed by atoms with van der Waals surface area (Å²) in [4.78, 5) is 4.70. The van der Waals surface area contributed by atoms with Crippen molar-refractivity contribution in [2.24, 2.45) is 0 Å². The van der Waals surface area contributed by atoms with Gasteiger partial charge in [-0.15, -0.1) is 0 Å². The number of alkyl halides is 1. The van der Waals surface area contributed by atoms with Crippen LogP contribution < -0.4 is 10.1 Å². The predicted octanol–water partition coefficient (Wildman–Crippen LogP) is 3.93. The summed E-state index contributed by atoms with van der Waals surface area (Å²) in [7, 11) is -3.20. The van der Waals surface area contributed by atoms with Crippen LogP contribution in [0.25, 0.3) is 0 Å². The summed E-state index contributed by atoms with van der Waals surface area (Å²) in [6.07, 6.45) is 6.77. The Morgan fingerprint density at radius 3 is 2.71 bits per heavy atom. The van der Waals surface area contributed by atoms with E-state index in [0.29, 0.717) is 13.0 Å². The fourth-order valence-corrected chi connectivity index (χ4v) is 6.18. The molecule has 1 aliphatic carbocycles. The van der Waals surface area contributed by atoms with Crippen molar-refractivity contribution in [1.82, 2.24) is 10.3 Å². The first-order valence-electron chi connectivity index (χ1n) is 11.2. The lowest BCUT2D eigenvalue weighted by Crippen LogP contribution is -2.49. The minimum absolute atomic E-state index is 0.0134. The lowest BCUT2D eigenvalue weighted by Gasteiger charge is -2.49. The van der Waals surface area contributed by atoms with Gasteiger partial charge in [0.2, 0.25) is 0 Å². The molecular formula is C24H31FN2O3S. The second kappa shape index (κ2) is 9.65. The molecule has 0 bridgehead atoms. The Morgan fingerprint density at radius 2 is 2.00 bits per heavy atom. The Bertz CT molecular complexity index is 978. The molecular weight excluding hydrogens is 415 g/mol. The first-order chi connectivity index (χ1) is 15.0. The number of rotatable bonds is 10. The lowest BCUT2D eigenvalue weighted by atomic mass is 9.59. The highest BCUT2D eigenvalue weighted by Gasteiger charge is 2.48. The second-order valence-electron chi connectivity index (χ2n) is 8.62. The van der Waals surface area contributed by atoms with Crippen molar-refractivity contribution in [3.05, 3.63) is 59.4 Å². The Hall–Kier alpha value is -1.99. The molecule has 31 heavy (non-hydrogen) atoms. The molecule has 0 radical (unpaired) electrons. The second-order valence-corrected chi connectivity index (χ2v) is 10.9. The van der Waals surface area contributed by atoms with Crippen molar-refractivity contribution in [2.45, 2.75) is 50.0 Å². The van der Waals surface area contributed by atoms with E-state index in [9.17, 15) is 12.8 Å². The van der Waals surface area contributed by atoms with Crippen molar-refractivity contribution in [3.8, 4) is 5.75 Å². The maximum atomic E-state index is 12.2. The average molecular weight is 447 g/mol. The Morgan fingerprint density at radius 1 is 1.16 bits per heavy atom. The van der Waals surface area contributed by atoms with Gasteiger partial charge < -0.3 is 10.1 Å². The third-order valence-corrected chi connectivity index (χ3v) is 8.42. The molecule has 0 spiro atoms. The van der Waals surface area contributed by atoms with Crippen LogP contribution in [-0.2, 0) is 21.7 Å². The van der Waals surface area contributed by atoms with Gasteiger partial charge in [-0.2, -0.15) is 0 Å². The Labute approximate surface area is 184 Å². The molecule has 0 saturated heterocycles. The van der Waals surface area contributed by atoms with Gasteiger partial charge in [-0.3, -0.25) is 9.37 Å². The first kappa shape index (κ1) is 22.2. The molecule has 7 heteroatoms. The van der Waals surface area contributed by atoms with Crippen LogP contribution >= 0.6 is 0 Å². The van der Waals surface area contributed by atoms with E-state index in [0.717, 1.165) is 37.3 Å². The summed E-state index contributed by atoms with van der Waals surface area (Å²) < 4.78 is 41.9. The largest absolute Gasteiger partial charge is 0.494 e. The number of nitrogens with zero attached hydrogens (tertiary/aromatic N) is 1. The van der Waals surface area contributed by atoms with E-state index in [1.807, 2.05) is 18.3 Å². The van der Waals surface area contributed by atoms with Crippen LogP contribution in [0.4, 0.5) is 4.39 Å². The Kier molecular flexibility index (Phi) is 6.92. The van der Waals surface area contributed by atoms with Gasteiger partial charge in [0.1, 0.15) is 5.75 Å². The van der Waals surface area contributed by atoms with Gasteiger partial charge >= 0.3 is 0 Å². The molecule has 1 atom stereocenters. The molecule has 1 aromatic carbocycles. The van der Waals surface area contributed by atoms with Gasteiger partial charge in [0, 0.05) is 23.3 Å². The molecule has 1 aromatic heterocycles. The summed E-state index contributed by atoms with van der Waals surface area (Å²) in [5.74, 6) is 0.708. The zero-order valence-corrected chi connectivity index (χ0v) is 18.7. The number of sulfone groups is 1. The maximum Gasteiger partial charge on any atom is 0.150 e. The number of hydrogen-bond donors (Lipinski definition) is 1. The molecule has 2 heterocycles. The van der Waals surface area contributed by atoms with Crippen LogP contribution in [0.2, 0.25) is 0 Å². The summed E-state index contributed by atoms with van der Waals surface area (Å²) in [5, 5.41) is 3.74. The van der Waals surface area contributed by atoms with E-state index in [-0.39, 0.29) is 29.4 Å². The number of hydrogen-bond acceptors (Lipinski definition) is 5. The smallest absolute Gasteiger partial charge is 0.150 e. The van der Waals surface area contributed by atoms with E-state index < -0.39 is 16.5 Å². The summed E-state index contributed by atoms with van der Waals surface area (Å²) in [6, 6.07) is 12.6. The third-order valence-electron chi connectivity index (χ3n) is 6.60. The zero-order chi connectivity index (χ0) is 21.7. The number of aromatic nitrogens is 1. The monoisotopic (exact) mass is 446 g/mol. The zero-order valence-electron chi connectivity index (χ0n) is 17.9. The van der Waals surface area contributed by atoms with E-state index in [1.165, 1.54) is 17.5 Å². The van der Waals surface area contributed by atoms with Crippen LogP contribution in [0.15, 0.2) is 42.6 Å². The molecule has 1 fully saturated rings. The van der Waals surface area contributed by atoms with Gasteiger partial charge in [-0.1, -0.05) is 18.6 Å². The van der Waals surface area contributed by atoms with Crippen LogP contribution in [0.5, 0.6) is 5.75 Å². The fraction of sp³-hybridized carbons (Fsp3) is 0.542. The van der Waals surface area contributed by atoms with Crippen LogP contribution in [0.3, 0.4) is 0 Å². The van der Waals surface area contributed by atoms with Crippen molar-refractivity contribution in [3.63, 3.8) is 0 Å². The standard InChI is InChI=1S/C24H31FN2O3S/c25-12-4-16-31(28,29)17-5-15-30-20-8-7-19-9-14-27-23(21(19)18-20)24(10-3-11-24)22-6-1-2-13-26-22/h1-2,6-8,13,18,23,27H,3-5,9-12,14-17H2. The topological polar surface area (TPSA) is 68.3 Å². The van der Waals surface area contributed by atoms with Crippen molar-refractivity contribution < 1.29 is 17.5 Å². The van der Waals surface area contributed by atoms with Gasteiger partial charge in [0.25, 0.3) is 0 Å². The van der Waals surface area contributed by atoms with Crippen molar-refractivity contribution in [1.29, 1.82) is 0 Å². The third kappa shape index (κ3) is 4.93. The minimum Gasteiger partial charge on any atom is -0.494 e. The molecule has 4 rings (SSSR count). The molecule has 168 valence electrons. The first-order valence-corrected chi connectivity index (χ1v) is 13.0.